The van der Waals surface area contributed by atoms with E-state index in [1.807, 2.05) is 18.2 Å². The van der Waals surface area contributed by atoms with Gasteiger partial charge in [-0.2, -0.15) is 0 Å². The van der Waals surface area contributed by atoms with Gasteiger partial charge in [0.2, 0.25) is 0 Å². The minimum atomic E-state index is -0.0357. The maximum atomic E-state index is 12.2. The monoisotopic (exact) mass is 269 g/mol. The number of nitrogens with zero attached hydrogens (tertiary/aromatic N) is 3. The summed E-state index contributed by atoms with van der Waals surface area (Å²) in [7, 11) is 0. The number of pyridine rings is 2. The van der Waals surface area contributed by atoms with Crippen molar-refractivity contribution in [2.45, 2.75) is 12.5 Å². The van der Waals surface area contributed by atoms with Crippen LogP contribution in [0.2, 0.25) is 0 Å². The number of hydrogen-bond acceptors (Lipinski definition) is 4. The van der Waals surface area contributed by atoms with Crippen LogP contribution in [0.25, 0.3) is 0 Å². The van der Waals surface area contributed by atoms with Crippen LogP contribution >= 0.6 is 0 Å². The molecule has 0 aliphatic carbocycles. The fraction of sp³-hybridized carbons (Fsp3) is 0.267. The molecule has 0 bridgehead atoms. The van der Waals surface area contributed by atoms with Gasteiger partial charge in [-0.05, 0) is 24.3 Å². The molecule has 1 aliphatic heterocycles. The molecule has 0 spiro atoms. The lowest BCUT2D eigenvalue weighted by molar-refractivity contribution is 0.0766. The molecule has 0 radical (unpaired) electrons. The Morgan fingerprint density at radius 1 is 1.20 bits per heavy atom. The van der Waals surface area contributed by atoms with Gasteiger partial charge in [0.25, 0.3) is 5.91 Å². The minimum Gasteiger partial charge on any atom is -0.488 e. The molecule has 0 aromatic carbocycles. The molecule has 5 heteroatoms. The molecule has 1 aliphatic rings. The summed E-state index contributed by atoms with van der Waals surface area (Å²) in [6, 6.07) is 9.00. The summed E-state index contributed by atoms with van der Waals surface area (Å²) in [6.07, 6.45) is 5.89. The average Bonchev–Trinajstić information content (AvgIpc) is 2.97. The summed E-state index contributed by atoms with van der Waals surface area (Å²) in [4.78, 5) is 22.1. The van der Waals surface area contributed by atoms with Crippen LogP contribution in [0.3, 0.4) is 0 Å². The van der Waals surface area contributed by atoms with Crippen molar-refractivity contribution in [3.05, 3.63) is 54.6 Å². The predicted octanol–water partition coefficient (Wildman–Crippen LogP) is 1.77. The summed E-state index contributed by atoms with van der Waals surface area (Å²) in [5, 5.41) is 0. The first-order chi connectivity index (χ1) is 9.83. The SMILES string of the molecule is O=C(c1ccccn1)N1CC[C@@H](Oc2ccncc2)C1. The summed E-state index contributed by atoms with van der Waals surface area (Å²) in [5.41, 5.74) is 0.483. The van der Waals surface area contributed by atoms with E-state index in [4.69, 9.17) is 4.74 Å². The van der Waals surface area contributed by atoms with Crippen molar-refractivity contribution in [1.29, 1.82) is 0 Å². The van der Waals surface area contributed by atoms with E-state index in [2.05, 4.69) is 9.97 Å². The van der Waals surface area contributed by atoms with Crippen molar-refractivity contribution >= 4 is 5.91 Å². The van der Waals surface area contributed by atoms with E-state index in [9.17, 15) is 4.79 Å². The van der Waals surface area contributed by atoms with E-state index in [0.717, 1.165) is 12.2 Å². The summed E-state index contributed by atoms with van der Waals surface area (Å²) in [5.74, 6) is 0.753. The highest BCUT2D eigenvalue weighted by atomic mass is 16.5. The molecule has 2 aromatic heterocycles. The van der Waals surface area contributed by atoms with E-state index in [1.54, 1.807) is 35.6 Å². The quantitative estimate of drug-likeness (QED) is 0.852. The Morgan fingerprint density at radius 3 is 2.80 bits per heavy atom. The Morgan fingerprint density at radius 2 is 2.05 bits per heavy atom. The van der Waals surface area contributed by atoms with Crippen LogP contribution in [0, 0.1) is 0 Å². The molecule has 0 saturated carbocycles. The first kappa shape index (κ1) is 12.6. The van der Waals surface area contributed by atoms with Crippen LogP contribution in [0.5, 0.6) is 5.75 Å². The van der Waals surface area contributed by atoms with E-state index >= 15 is 0 Å². The van der Waals surface area contributed by atoms with Crippen molar-refractivity contribution in [2.75, 3.05) is 13.1 Å². The van der Waals surface area contributed by atoms with Gasteiger partial charge in [0.05, 0.1) is 6.54 Å². The second kappa shape index (κ2) is 5.69. The second-order valence-electron chi connectivity index (χ2n) is 4.68. The van der Waals surface area contributed by atoms with Gasteiger partial charge in [0.15, 0.2) is 0 Å². The predicted molar refractivity (Wildman–Crippen MR) is 73.4 cm³/mol. The van der Waals surface area contributed by atoms with Crippen LogP contribution in [0.15, 0.2) is 48.9 Å². The first-order valence-corrected chi connectivity index (χ1v) is 6.60. The Hall–Kier alpha value is -2.43. The molecular weight excluding hydrogens is 254 g/mol. The molecule has 3 rings (SSSR count). The fourth-order valence-electron chi connectivity index (χ4n) is 2.27. The largest absolute Gasteiger partial charge is 0.488 e. The molecule has 1 fully saturated rings. The first-order valence-electron chi connectivity index (χ1n) is 6.60. The molecule has 5 nitrogen and oxygen atoms in total. The van der Waals surface area contributed by atoms with E-state index in [0.29, 0.717) is 18.8 Å². The molecule has 1 amide bonds. The van der Waals surface area contributed by atoms with Gasteiger partial charge in [-0.3, -0.25) is 14.8 Å². The fourth-order valence-corrected chi connectivity index (χ4v) is 2.27. The lowest BCUT2D eigenvalue weighted by Crippen LogP contribution is -2.31. The second-order valence-corrected chi connectivity index (χ2v) is 4.68. The van der Waals surface area contributed by atoms with Gasteiger partial charge in [0, 0.05) is 31.6 Å². The number of rotatable bonds is 3. The summed E-state index contributed by atoms with van der Waals surface area (Å²) < 4.78 is 5.84. The van der Waals surface area contributed by atoms with Gasteiger partial charge in [-0.15, -0.1) is 0 Å². The topological polar surface area (TPSA) is 55.3 Å². The van der Waals surface area contributed by atoms with Crippen LogP contribution < -0.4 is 4.74 Å². The van der Waals surface area contributed by atoms with Crippen LogP contribution in [0.4, 0.5) is 0 Å². The molecule has 0 N–H and O–H groups in total. The van der Waals surface area contributed by atoms with Crippen molar-refractivity contribution in [1.82, 2.24) is 14.9 Å². The van der Waals surface area contributed by atoms with Crippen molar-refractivity contribution in [3.8, 4) is 5.75 Å². The highest BCUT2D eigenvalue weighted by Gasteiger charge is 2.28. The highest BCUT2D eigenvalue weighted by molar-refractivity contribution is 5.92. The van der Waals surface area contributed by atoms with E-state index in [1.165, 1.54) is 0 Å². The number of carbonyl (C=O) groups is 1. The Bertz CT molecular complexity index is 574. The number of likely N-dealkylation sites (tertiary alicyclic amines) is 1. The van der Waals surface area contributed by atoms with Crippen molar-refractivity contribution in [2.24, 2.45) is 0 Å². The summed E-state index contributed by atoms with van der Waals surface area (Å²) >= 11 is 0. The number of hydrogen-bond donors (Lipinski definition) is 0. The highest BCUT2D eigenvalue weighted by Crippen LogP contribution is 2.18. The van der Waals surface area contributed by atoms with Gasteiger partial charge < -0.3 is 9.64 Å². The van der Waals surface area contributed by atoms with E-state index < -0.39 is 0 Å². The van der Waals surface area contributed by atoms with Gasteiger partial charge in [0.1, 0.15) is 17.5 Å². The van der Waals surface area contributed by atoms with Crippen molar-refractivity contribution in [3.63, 3.8) is 0 Å². The van der Waals surface area contributed by atoms with Crippen LogP contribution in [0.1, 0.15) is 16.9 Å². The third-order valence-electron chi connectivity index (χ3n) is 3.27. The van der Waals surface area contributed by atoms with Gasteiger partial charge in [-0.25, -0.2) is 0 Å². The molecule has 102 valence electrons. The zero-order chi connectivity index (χ0) is 13.8. The molecule has 3 heterocycles. The maximum Gasteiger partial charge on any atom is 0.272 e. The number of amides is 1. The molecule has 1 saturated heterocycles. The minimum absolute atomic E-state index is 0.0325. The zero-order valence-corrected chi connectivity index (χ0v) is 11.0. The number of aromatic nitrogens is 2. The Balaban J connectivity index is 1.61. The lowest BCUT2D eigenvalue weighted by Gasteiger charge is -2.16. The van der Waals surface area contributed by atoms with Gasteiger partial charge >= 0.3 is 0 Å². The van der Waals surface area contributed by atoms with Crippen molar-refractivity contribution < 1.29 is 9.53 Å². The van der Waals surface area contributed by atoms with E-state index in [-0.39, 0.29) is 12.0 Å². The number of ether oxygens (including phenoxy) is 1. The third kappa shape index (κ3) is 2.77. The molecule has 1 atom stereocenters. The number of carbonyl (C=O) groups excluding carboxylic acids is 1. The average molecular weight is 269 g/mol. The Kier molecular flexibility index (Phi) is 3.58. The molecule has 20 heavy (non-hydrogen) atoms. The van der Waals surface area contributed by atoms with Crippen LogP contribution in [-0.4, -0.2) is 40.0 Å². The maximum absolute atomic E-state index is 12.2. The smallest absolute Gasteiger partial charge is 0.272 e. The molecule has 0 unspecified atom stereocenters. The molecule has 2 aromatic rings. The summed E-state index contributed by atoms with van der Waals surface area (Å²) in [6.45, 7) is 1.29. The standard InChI is InChI=1S/C15H15N3O2/c19-15(14-3-1-2-7-17-14)18-10-6-13(11-18)20-12-4-8-16-9-5-12/h1-5,7-9,13H,6,10-11H2/t13-/m1/s1. The van der Waals surface area contributed by atoms with Gasteiger partial charge in [-0.1, -0.05) is 6.07 Å². The molecular formula is C15H15N3O2. The zero-order valence-electron chi connectivity index (χ0n) is 11.0. The third-order valence-corrected chi connectivity index (χ3v) is 3.27. The van der Waals surface area contributed by atoms with Crippen LogP contribution in [-0.2, 0) is 0 Å². The normalized spacial score (nSPS) is 18.0. The Labute approximate surface area is 117 Å². The lowest BCUT2D eigenvalue weighted by atomic mass is 10.3.